The summed E-state index contributed by atoms with van der Waals surface area (Å²) in [4.78, 5) is 13.3. The molecule has 1 spiro atoms. The maximum Gasteiger partial charge on any atom is 0.340 e. The van der Waals surface area contributed by atoms with E-state index in [1.54, 1.807) is 6.07 Å². The number of benzene rings is 6. The standard InChI is InChI=1S/C39H28ClN3O3/c1-24-22-36-32(23-33(24)40)39(31-11-6-5-10-30(31)38(44)46-39)37-34(12-7-13-35(37)45-36)43-29-20-18-28(19-21-29)42-27-16-14-26(15-17-27)41-25-8-3-2-4-9-25/h2-23,41-43H,1H3. The van der Waals surface area contributed by atoms with Gasteiger partial charge in [-0.3, -0.25) is 0 Å². The third-order valence-electron chi connectivity index (χ3n) is 8.41. The molecule has 1 atom stereocenters. The smallest absolute Gasteiger partial charge is 0.340 e. The summed E-state index contributed by atoms with van der Waals surface area (Å²) in [5.74, 6) is 0.822. The van der Waals surface area contributed by atoms with Crippen molar-refractivity contribution in [1.82, 2.24) is 0 Å². The third-order valence-corrected chi connectivity index (χ3v) is 8.82. The molecule has 8 rings (SSSR count). The molecule has 3 N–H and O–H groups in total. The number of carbonyl (C=O) groups excluding carboxylic acids is 1. The van der Waals surface area contributed by atoms with Gasteiger partial charge in [-0.05, 0) is 103 Å². The fourth-order valence-electron chi connectivity index (χ4n) is 6.24. The van der Waals surface area contributed by atoms with Crippen molar-refractivity contribution in [2.75, 3.05) is 16.0 Å². The van der Waals surface area contributed by atoms with Gasteiger partial charge in [-0.25, -0.2) is 4.79 Å². The maximum atomic E-state index is 13.3. The van der Waals surface area contributed by atoms with Crippen molar-refractivity contribution in [3.05, 3.63) is 166 Å². The van der Waals surface area contributed by atoms with Crippen LogP contribution in [0.4, 0.5) is 34.1 Å². The van der Waals surface area contributed by atoms with Crippen LogP contribution < -0.4 is 20.7 Å². The van der Waals surface area contributed by atoms with E-state index in [9.17, 15) is 4.79 Å². The van der Waals surface area contributed by atoms with E-state index in [1.807, 2.05) is 134 Å². The van der Waals surface area contributed by atoms with Crippen LogP contribution in [-0.2, 0) is 10.3 Å². The maximum absolute atomic E-state index is 13.3. The Morgan fingerprint density at radius 1 is 0.587 bits per heavy atom. The third kappa shape index (κ3) is 4.71. The Balaban J connectivity index is 1.10. The highest BCUT2D eigenvalue weighted by Crippen LogP contribution is 2.59. The van der Waals surface area contributed by atoms with Crippen LogP contribution in [0.1, 0.15) is 32.6 Å². The lowest BCUT2D eigenvalue weighted by molar-refractivity contribution is 0.0227. The zero-order chi connectivity index (χ0) is 31.3. The van der Waals surface area contributed by atoms with E-state index in [0.717, 1.165) is 45.3 Å². The number of ether oxygens (including phenoxy) is 2. The number of esters is 1. The molecule has 0 saturated carbocycles. The minimum absolute atomic E-state index is 0.389. The van der Waals surface area contributed by atoms with Crippen molar-refractivity contribution in [3.8, 4) is 11.5 Å². The molecule has 2 heterocycles. The highest BCUT2D eigenvalue weighted by molar-refractivity contribution is 6.31. The van der Waals surface area contributed by atoms with Crippen molar-refractivity contribution >= 4 is 51.7 Å². The molecule has 46 heavy (non-hydrogen) atoms. The number of para-hydroxylation sites is 1. The van der Waals surface area contributed by atoms with Crippen LogP contribution in [-0.4, -0.2) is 5.97 Å². The Morgan fingerprint density at radius 2 is 1.17 bits per heavy atom. The first kappa shape index (κ1) is 27.8. The second-order valence-corrected chi connectivity index (χ2v) is 11.8. The molecule has 0 radical (unpaired) electrons. The lowest BCUT2D eigenvalue weighted by Crippen LogP contribution is -2.34. The fourth-order valence-corrected chi connectivity index (χ4v) is 6.40. The molecule has 0 aromatic heterocycles. The molecule has 6 aromatic carbocycles. The molecular formula is C39H28ClN3O3. The zero-order valence-corrected chi connectivity index (χ0v) is 25.6. The topological polar surface area (TPSA) is 71.6 Å². The molecule has 0 amide bonds. The summed E-state index contributed by atoms with van der Waals surface area (Å²) >= 11 is 6.66. The highest BCUT2D eigenvalue weighted by Gasteiger charge is 2.54. The van der Waals surface area contributed by atoms with E-state index in [4.69, 9.17) is 21.1 Å². The number of nitrogens with one attached hydrogen (secondary N) is 3. The van der Waals surface area contributed by atoms with Crippen molar-refractivity contribution < 1.29 is 14.3 Å². The average Bonchev–Trinajstić information content (AvgIpc) is 3.37. The van der Waals surface area contributed by atoms with Crippen LogP contribution in [0.15, 0.2) is 133 Å². The van der Waals surface area contributed by atoms with Crippen LogP contribution >= 0.6 is 11.6 Å². The number of hydrogen-bond donors (Lipinski definition) is 3. The normalized spacial score (nSPS) is 15.7. The van der Waals surface area contributed by atoms with Gasteiger partial charge in [0.25, 0.3) is 0 Å². The Morgan fingerprint density at radius 3 is 1.85 bits per heavy atom. The summed E-state index contributed by atoms with van der Waals surface area (Å²) in [6.45, 7) is 1.93. The van der Waals surface area contributed by atoms with E-state index >= 15 is 0 Å². The van der Waals surface area contributed by atoms with Gasteiger partial charge in [0, 0.05) is 44.6 Å². The van der Waals surface area contributed by atoms with Crippen molar-refractivity contribution in [1.29, 1.82) is 0 Å². The van der Waals surface area contributed by atoms with Crippen LogP contribution in [0.25, 0.3) is 0 Å². The van der Waals surface area contributed by atoms with Gasteiger partial charge in [-0.2, -0.15) is 0 Å². The first-order valence-electron chi connectivity index (χ1n) is 15.0. The van der Waals surface area contributed by atoms with Crippen LogP contribution in [0.2, 0.25) is 5.02 Å². The van der Waals surface area contributed by atoms with Gasteiger partial charge in [0.1, 0.15) is 11.5 Å². The summed E-state index contributed by atoms with van der Waals surface area (Å²) in [6, 6.07) is 43.4. The summed E-state index contributed by atoms with van der Waals surface area (Å²) in [5, 5.41) is 11.0. The predicted octanol–water partition coefficient (Wildman–Crippen LogP) is 10.4. The summed E-state index contributed by atoms with van der Waals surface area (Å²) in [6.07, 6.45) is 0. The number of fused-ring (bicyclic) bond motifs is 6. The summed E-state index contributed by atoms with van der Waals surface area (Å²) < 4.78 is 12.8. The predicted molar refractivity (Wildman–Crippen MR) is 184 cm³/mol. The van der Waals surface area contributed by atoms with E-state index in [0.29, 0.717) is 33.2 Å². The van der Waals surface area contributed by atoms with Crippen molar-refractivity contribution in [2.45, 2.75) is 12.5 Å². The number of rotatable bonds is 6. The van der Waals surface area contributed by atoms with E-state index in [-0.39, 0.29) is 5.97 Å². The molecule has 0 fully saturated rings. The van der Waals surface area contributed by atoms with E-state index < -0.39 is 5.60 Å². The fraction of sp³-hybridized carbons (Fsp3) is 0.0513. The second kappa shape index (κ2) is 11.0. The van der Waals surface area contributed by atoms with Crippen LogP contribution in [0, 0.1) is 6.92 Å². The van der Waals surface area contributed by atoms with Crippen LogP contribution in [0.3, 0.4) is 0 Å². The number of hydrogen-bond acceptors (Lipinski definition) is 6. The lowest BCUT2D eigenvalue weighted by Gasteiger charge is -2.38. The van der Waals surface area contributed by atoms with Crippen LogP contribution in [0.5, 0.6) is 11.5 Å². The summed E-state index contributed by atoms with van der Waals surface area (Å²) in [7, 11) is 0. The molecule has 0 bridgehead atoms. The highest BCUT2D eigenvalue weighted by atomic mass is 35.5. The van der Waals surface area contributed by atoms with Crippen molar-refractivity contribution in [3.63, 3.8) is 0 Å². The summed E-state index contributed by atoms with van der Waals surface area (Å²) in [5.41, 5.74) is 7.91. The first-order chi connectivity index (χ1) is 22.5. The molecular weight excluding hydrogens is 594 g/mol. The number of aryl methyl sites for hydroxylation is 1. The lowest BCUT2D eigenvalue weighted by atomic mass is 9.76. The van der Waals surface area contributed by atoms with Gasteiger partial charge in [-0.1, -0.05) is 54.1 Å². The van der Waals surface area contributed by atoms with E-state index in [2.05, 4.69) is 16.0 Å². The molecule has 0 saturated heterocycles. The zero-order valence-electron chi connectivity index (χ0n) is 24.8. The van der Waals surface area contributed by atoms with Gasteiger partial charge in [0.2, 0.25) is 0 Å². The van der Waals surface area contributed by atoms with Gasteiger partial charge in [0.05, 0.1) is 16.8 Å². The SMILES string of the molecule is Cc1cc2c(cc1Cl)C1(OC(=O)c3ccccc31)c1c(Nc3ccc(Nc4ccc(Nc5ccccc5)cc4)cc3)cccc1O2. The molecule has 6 aromatic rings. The van der Waals surface area contributed by atoms with Gasteiger partial charge >= 0.3 is 5.97 Å². The average molecular weight is 622 g/mol. The van der Waals surface area contributed by atoms with Gasteiger partial charge < -0.3 is 25.4 Å². The van der Waals surface area contributed by atoms with Crippen molar-refractivity contribution in [2.24, 2.45) is 0 Å². The quantitative estimate of drug-likeness (QED) is 0.161. The molecule has 2 aliphatic rings. The molecule has 1 unspecified atom stereocenters. The Labute approximate surface area is 271 Å². The molecule has 0 aliphatic carbocycles. The Kier molecular flexibility index (Phi) is 6.66. The van der Waals surface area contributed by atoms with Gasteiger partial charge in [0.15, 0.2) is 5.60 Å². The Bertz CT molecular complexity index is 2110. The molecule has 6 nitrogen and oxygen atoms in total. The molecule has 224 valence electrons. The van der Waals surface area contributed by atoms with Gasteiger partial charge in [-0.15, -0.1) is 0 Å². The number of carbonyl (C=O) groups is 1. The molecule has 7 heteroatoms. The van der Waals surface area contributed by atoms with E-state index in [1.165, 1.54) is 0 Å². The Hall–Kier alpha value is -5.72. The number of anilines is 6. The second-order valence-electron chi connectivity index (χ2n) is 11.4. The number of halogens is 1. The minimum Gasteiger partial charge on any atom is -0.456 e. The minimum atomic E-state index is -1.24. The molecule has 2 aliphatic heterocycles. The monoisotopic (exact) mass is 621 g/mol. The largest absolute Gasteiger partial charge is 0.456 e. The first-order valence-corrected chi connectivity index (χ1v) is 15.4.